The minimum atomic E-state index is 0.0151. The van der Waals surface area contributed by atoms with Gasteiger partial charge in [0.1, 0.15) is 5.69 Å². The summed E-state index contributed by atoms with van der Waals surface area (Å²) >= 11 is 6.94. The van der Waals surface area contributed by atoms with Crippen molar-refractivity contribution in [3.63, 3.8) is 0 Å². The Morgan fingerprint density at radius 2 is 2.40 bits per heavy atom. The Morgan fingerprint density at radius 3 is 2.87 bits per heavy atom. The average molecular weight is 397 g/mol. The summed E-state index contributed by atoms with van der Waals surface area (Å²) in [6.45, 7) is 0. The van der Waals surface area contributed by atoms with Crippen LogP contribution in [-0.4, -0.2) is 15.6 Å². The minimum Gasteiger partial charge on any atom is -0.286 e. The molecule has 0 N–H and O–H groups in total. The lowest BCUT2D eigenvalue weighted by Crippen LogP contribution is -2.08. The molecule has 0 unspecified atom stereocenters. The van der Waals surface area contributed by atoms with Gasteiger partial charge in [-0.3, -0.25) is 9.48 Å². The van der Waals surface area contributed by atoms with Crippen molar-refractivity contribution < 1.29 is 4.79 Å². The van der Waals surface area contributed by atoms with E-state index in [-0.39, 0.29) is 5.78 Å². The molecule has 2 heterocycles. The largest absolute Gasteiger partial charge is 0.286 e. The fraction of sp³-hybridized carbons (Fsp3) is 0.111. The molecule has 0 fully saturated rings. The second kappa shape index (κ2) is 4.34. The molecule has 0 aliphatic carbocycles. The van der Waals surface area contributed by atoms with Crippen molar-refractivity contribution in [2.45, 2.75) is 0 Å². The highest BCUT2D eigenvalue weighted by Crippen LogP contribution is 2.25. The van der Waals surface area contributed by atoms with Crippen LogP contribution in [0.2, 0.25) is 0 Å². The summed E-state index contributed by atoms with van der Waals surface area (Å²) in [6, 6.07) is 1.93. The second-order valence-corrected chi connectivity index (χ2v) is 5.82. The van der Waals surface area contributed by atoms with E-state index >= 15 is 0 Å². The van der Waals surface area contributed by atoms with Crippen LogP contribution in [0.1, 0.15) is 15.4 Å². The van der Waals surface area contributed by atoms with Crippen molar-refractivity contribution in [3.8, 4) is 0 Å². The van der Waals surface area contributed by atoms with Crippen molar-refractivity contribution in [2.24, 2.45) is 7.05 Å². The van der Waals surface area contributed by atoms with E-state index in [0.29, 0.717) is 5.69 Å². The summed E-state index contributed by atoms with van der Waals surface area (Å²) in [4.78, 5) is 12.9. The van der Waals surface area contributed by atoms with Crippen molar-refractivity contribution in [1.29, 1.82) is 0 Å². The fourth-order valence-electron chi connectivity index (χ4n) is 1.23. The van der Waals surface area contributed by atoms with Crippen LogP contribution in [0.25, 0.3) is 0 Å². The van der Waals surface area contributed by atoms with E-state index in [1.807, 2.05) is 11.4 Å². The molecule has 2 aromatic rings. The Balaban J connectivity index is 2.50. The van der Waals surface area contributed by atoms with Crippen LogP contribution in [-0.2, 0) is 7.05 Å². The summed E-state index contributed by atoms with van der Waals surface area (Å²) in [5, 5.41) is 5.94. The molecule has 0 radical (unpaired) electrons. The maximum atomic E-state index is 12.1. The van der Waals surface area contributed by atoms with E-state index in [9.17, 15) is 4.79 Å². The molecule has 15 heavy (non-hydrogen) atoms. The average Bonchev–Trinajstić information content (AvgIpc) is 2.73. The highest BCUT2D eigenvalue weighted by Gasteiger charge is 2.20. The second-order valence-electron chi connectivity index (χ2n) is 2.89. The number of aromatic nitrogens is 2. The van der Waals surface area contributed by atoms with Crippen molar-refractivity contribution >= 4 is 55.6 Å². The number of aryl methyl sites for hydroxylation is 1. The van der Waals surface area contributed by atoms with Crippen LogP contribution in [0, 0.1) is 3.57 Å². The van der Waals surface area contributed by atoms with E-state index in [4.69, 9.17) is 0 Å². The molecule has 2 aromatic heterocycles. The first-order valence-corrected chi connectivity index (χ1v) is 6.81. The zero-order valence-corrected chi connectivity index (χ0v) is 12.3. The first-order valence-electron chi connectivity index (χ1n) is 4.06. The number of hydrogen-bond acceptors (Lipinski definition) is 3. The van der Waals surface area contributed by atoms with Gasteiger partial charge >= 0.3 is 0 Å². The normalized spacial score (nSPS) is 10.6. The third-order valence-electron chi connectivity index (χ3n) is 1.93. The number of halogens is 2. The van der Waals surface area contributed by atoms with Gasteiger partial charge in [-0.1, -0.05) is 0 Å². The van der Waals surface area contributed by atoms with Crippen molar-refractivity contribution in [3.05, 3.63) is 36.3 Å². The molecule has 78 valence electrons. The predicted octanol–water partition coefficient (Wildman–Crippen LogP) is 3.08. The molecule has 0 atom stereocenters. The Hall–Kier alpha value is -0.210. The molecule has 0 aromatic carbocycles. The number of nitrogens with zero attached hydrogens (tertiary/aromatic N) is 2. The van der Waals surface area contributed by atoms with Crippen LogP contribution in [0.5, 0.6) is 0 Å². The Labute approximate surface area is 113 Å². The summed E-state index contributed by atoms with van der Waals surface area (Å²) in [6.07, 6.45) is 1.63. The van der Waals surface area contributed by atoms with Crippen molar-refractivity contribution in [1.82, 2.24) is 9.78 Å². The summed E-state index contributed by atoms with van der Waals surface area (Å²) < 4.78 is 3.30. The maximum Gasteiger partial charge on any atom is 0.223 e. The molecule has 2 rings (SSSR count). The molecule has 3 nitrogen and oxygen atoms in total. The Bertz CT molecular complexity index is 500. The zero-order chi connectivity index (χ0) is 11.0. The van der Waals surface area contributed by atoms with Crippen molar-refractivity contribution in [2.75, 3.05) is 0 Å². The van der Waals surface area contributed by atoms with E-state index in [0.717, 1.165) is 12.9 Å². The highest BCUT2D eigenvalue weighted by molar-refractivity contribution is 14.1. The number of carbonyl (C=O) groups excluding carboxylic acids is 1. The van der Waals surface area contributed by atoms with Crippen LogP contribution >= 0.6 is 49.9 Å². The predicted molar refractivity (Wildman–Crippen MR) is 71.4 cm³/mol. The summed E-state index contributed by atoms with van der Waals surface area (Å²) in [5.41, 5.74) is 0.593. The lowest BCUT2D eigenvalue weighted by atomic mass is 10.2. The molecular formula is C9H6BrIN2OS. The topological polar surface area (TPSA) is 34.9 Å². The van der Waals surface area contributed by atoms with Gasteiger partial charge in [0.25, 0.3) is 0 Å². The van der Waals surface area contributed by atoms with Crippen LogP contribution in [0.4, 0.5) is 0 Å². The SMILES string of the molecule is Cn1ncc(Br)c1C(=O)c1sccc1I. The molecule has 0 aliphatic rings. The summed E-state index contributed by atoms with van der Waals surface area (Å²) in [7, 11) is 1.76. The van der Waals surface area contributed by atoms with E-state index in [1.165, 1.54) is 11.3 Å². The maximum absolute atomic E-state index is 12.1. The zero-order valence-electron chi connectivity index (χ0n) is 7.70. The number of hydrogen-bond donors (Lipinski definition) is 0. The molecule has 6 heteroatoms. The molecule has 0 aliphatic heterocycles. The quantitative estimate of drug-likeness (QED) is 0.577. The van der Waals surface area contributed by atoms with Crippen LogP contribution in [0.15, 0.2) is 22.1 Å². The Morgan fingerprint density at radius 1 is 1.67 bits per heavy atom. The minimum absolute atomic E-state index is 0.0151. The third kappa shape index (κ3) is 2.02. The molecule has 0 amide bonds. The molecular weight excluding hydrogens is 391 g/mol. The van der Waals surface area contributed by atoms with Gasteiger partial charge in [-0.2, -0.15) is 5.10 Å². The molecule has 0 saturated carbocycles. The first-order chi connectivity index (χ1) is 7.11. The van der Waals surface area contributed by atoms with Gasteiger partial charge in [-0.15, -0.1) is 11.3 Å². The standard InChI is InChI=1S/C9H6BrIN2OS/c1-13-7(5(10)4-12-13)8(14)9-6(11)2-3-15-9/h2-4H,1H3. The first kappa shape index (κ1) is 11.3. The van der Waals surface area contributed by atoms with E-state index < -0.39 is 0 Å². The van der Waals surface area contributed by atoms with Gasteiger partial charge in [0.2, 0.25) is 5.78 Å². The Kier molecular flexibility index (Phi) is 3.27. The lowest BCUT2D eigenvalue weighted by Gasteiger charge is -2.00. The van der Waals surface area contributed by atoms with E-state index in [1.54, 1.807) is 17.9 Å². The van der Waals surface area contributed by atoms with Gasteiger partial charge in [0.05, 0.1) is 15.5 Å². The van der Waals surface area contributed by atoms with Crippen LogP contribution < -0.4 is 0 Å². The summed E-state index contributed by atoms with van der Waals surface area (Å²) in [5.74, 6) is 0.0151. The molecule has 0 spiro atoms. The van der Waals surface area contributed by atoms with Gasteiger partial charge in [0.15, 0.2) is 0 Å². The lowest BCUT2D eigenvalue weighted by molar-refractivity contribution is 0.103. The number of ketones is 1. The fourth-order valence-corrected chi connectivity index (χ4v) is 3.53. The molecule has 0 saturated heterocycles. The monoisotopic (exact) mass is 396 g/mol. The number of rotatable bonds is 2. The molecule has 0 bridgehead atoms. The number of carbonyl (C=O) groups is 1. The van der Waals surface area contributed by atoms with Gasteiger partial charge in [-0.25, -0.2) is 0 Å². The van der Waals surface area contributed by atoms with Gasteiger partial charge in [0, 0.05) is 10.6 Å². The smallest absolute Gasteiger partial charge is 0.223 e. The van der Waals surface area contributed by atoms with Crippen LogP contribution in [0.3, 0.4) is 0 Å². The number of thiophene rings is 1. The third-order valence-corrected chi connectivity index (χ3v) is 4.69. The van der Waals surface area contributed by atoms with Gasteiger partial charge in [-0.05, 0) is 50.0 Å². The van der Waals surface area contributed by atoms with E-state index in [2.05, 4.69) is 43.6 Å². The highest BCUT2D eigenvalue weighted by atomic mass is 127. The van der Waals surface area contributed by atoms with Gasteiger partial charge < -0.3 is 0 Å².